The summed E-state index contributed by atoms with van der Waals surface area (Å²) in [6.07, 6.45) is 1.71. The van der Waals surface area contributed by atoms with Crippen LogP contribution in [-0.4, -0.2) is 4.57 Å². The number of hydrogen-bond acceptors (Lipinski definition) is 5. The highest BCUT2D eigenvalue weighted by atomic mass is 35.5. The van der Waals surface area contributed by atoms with Crippen molar-refractivity contribution in [1.82, 2.24) is 4.57 Å². The van der Waals surface area contributed by atoms with Crippen molar-refractivity contribution in [2.45, 2.75) is 5.92 Å². The molecule has 2 aromatic carbocycles. The largest absolute Gasteiger partial charge is 0.384 e. The van der Waals surface area contributed by atoms with E-state index in [9.17, 15) is 15.3 Å². The van der Waals surface area contributed by atoms with Gasteiger partial charge >= 0.3 is 0 Å². The number of rotatable bonds is 2. The average Bonchev–Trinajstić information content (AvgIpc) is 3.06. The van der Waals surface area contributed by atoms with E-state index in [1.54, 1.807) is 54.6 Å². The van der Waals surface area contributed by atoms with E-state index in [0.717, 1.165) is 16.9 Å². The number of thiazole rings is 1. The van der Waals surface area contributed by atoms with Gasteiger partial charge in [-0.05, 0) is 41.5 Å². The maximum Gasteiger partial charge on any atom is 0.274 e. The Bertz CT molecular complexity index is 1450. The Balaban J connectivity index is 2.04. The molecule has 146 valence electrons. The zero-order chi connectivity index (χ0) is 21.4. The van der Waals surface area contributed by atoms with Crippen molar-refractivity contribution in [3.63, 3.8) is 0 Å². The summed E-state index contributed by atoms with van der Waals surface area (Å²) in [7, 11) is 0. The Kier molecular flexibility index (Phi) is 5.24. The predicted molar refractivity (Wildman–Crippen MR) is 119 cm³/mol. The molecule has 2 N–H and O–H groups in total. The lowest BCUT2D eigenvalue weighted by molar-refractivity contribution is 0.906. The summed E-state index contributed by atoms with van der Waals surface area (Å²) in [5.74, 6) is -0.637. The first-order chi connectivity index (χ1) is 14.4. The molecule has 1 aliphatic rings. The van der Waals surface area contributed by atoms with Gasteiger partial charge in [-0.1, -0.05) is 47.5 Å². The fraction of sp³-hybridized carbons (Fsp3) is 0.0455. The summed E-state index contributed by atoms with van der Waals surface area (Å²) in [5.41, 5.74) is 7.80. The number of halogens is 2. The van der Waals surface area contributed by atoms with Crippen molar-refractivity contribution in [1.29, 1.82) is 10.5 Å². The molecule has 0 saturated carbocycles. The summed E-state index contributed by atoms with van der Waals surface area (Å²) in [6, 6.07) is 18.2. The average molecular weight is 451 g/mol. The van der Waals surface area contributed by atoms with Gasteiger partial charge in [0.15, 0.2) is 0 Å². The maximum absolute atomic E-state index is 13.1. The van der Waals surface area contributed by atoms with Crippen molar-refractivity contribution in [3.8, 4) is 12.1 Å². The van der Waals surface area contributed by atoms with Crippen LogP contribution in [0.15, 0.2) is 58.9 Å². The number of fused-ring (bicyclic) bond motifs is 1. The fourth-order valence-electron chi connectivity index (χ4n) is 3.35. The van der Waals surface area contributed by atoms with Crippen LogP contribution in [0, 0.1) is 22.7 Å². The van der Waals surface area contributed by atoms with Crippen LogP contribution in [-0.2, 0) is 0 Å². The summed E-state index contributed by atoms with van der Waals surface area (Å²) in [5, 5.41) is 20.8. The maximum atomic E-state index is 13.1. The first kappa shape index (κ1) is 20.0. The quantitative estimate of drug-likeness (QED) is 0.648. The van der Waals surface area contributed by atoms with Gasteiger partial charge in [-0.2, -0.15) is 10.5 Å². The van der Waals surface area contributed by atoms with E-state index in [4.69, 9.17) is 28.9 Å². The highest BCUT2D eigenvalue weighted by Crippen LogP contribution is 2.35. The Labute approximate surface area is 185 Å². The second kappa shape index (κ2) is 7.85. The van der Waals surface area contributed by atoms with E-state index in [1.807, 2.05) is 0 Å². The molecule has 3 aromatic rings. The van der Waals surface area contributed by atoms with Gasteiger partial charge in [0.2, 0.25) is 0 Å². The van der Waals surface area contributed by atoms with Crippen molar-refractivity contribution in [2.75, 3.05) is 0 Å². The third-order valence-corrected chi connectivity index (χ3v) is 6.37. The number of nitrogens with two attached hydrogens (primary N) is 1. The Hall–Kier alpha value is -3.29. The number of benzene rings is 2. The minimum atomic E-state index is -0.668. The second-order valence-corrected chi connectivity index (χ2v) is 8.43. The molecule has 2 heterocycles. The molecular weight excluding hydrogens is 439 g/mol. The lowest BCUT2D eigenvalue weighted by Crippen LogP contribution is -2.38. The zero-order valence-corrected chi connectivity index (χ0v) is 17.6. The standard InChI is InChI=1S/C22H12Cl2N4OS/c23-14-5-1-12(2-6-14)9-18-21(29)28-20(27)16(10-25)19(17(11-26)22(28)30-18)13-3-7-15(24)8-4-13/h1-9,19H,27H2/b18-9+. The molecule has 8 heteroatoms. The first-order valence-electron chi connectivity index (χ1n) is 8.73. The third kappa shape index (κ3) is 3.32. The highest BCUT2D eigenvalue weighted by molar-refractivity contribution is 7.07. The molecular formula is C22H12Cl2N4OS. The van der Waals surface area contributed by atoms with E-state index in [2.05, 4.69) is 12.1 Å². The van der Waals surface area contributed by atoms with E-state index in [1.165, 1.54) is 4.57 Å². The highest BCUT2D eigenvalue weighted by Gasteiger charge is 2.32. The van der Waals surface area contributed by atoms with Crippen molar-refractivity contribution in [2.24, 2.45) is 5.73 Å². The molecule has 0 amide bonds. The van der Waals surface area contributed by atoms with Crippen LogP contribution in [0.3, 0.4) is 0 Å². The van der Waals surface area contributed by atoms with E-state index in [0.29, 0.717) is 30.4 Å². The SMILES string of the molecule is N#CC1=C(N)n2c(s/c(=C/c3ccc(Cl)cc3)c2=O)=C(C#N)C1c1ccc(Cl)cc1. The normalized spacial score (nSPS) is 16.2. The van der Waals surface area contributed by atoms with E-state index >= 15 is 0 Å². The van der Waals surface area contributed by atoms with Crippen molar-refractivity contribution < 1.29 is 0 Å². The van der Waals surface area contributed by atoms with Gasteiger partial charge in [0, 0.05) is 10.0 Å². The summed E-state index contributed by atoms with van der Waals surface area (Å²) < 4.78 is 2.06. The smallest absolute Gasteiger partial charge is 0.274 e. The molecule has 0 spiro atoms. The van der Waals surface area contributed by atoms with Crippen LogP contribution in [0.25, 0.3) is 17.5 Å². The lowest BCUT2D eigenvalue weighted by atomic mass is 9.84. The second-order valence-electron chi connectivity index (χ2n) is 6.53. The molecule has 0 fully saturated rings. The van der Waals surface area contributed by atoms with Crippen LogP contribution in [0.1, 0.15) is 17.0 Å². The number of aromatic nitrogens is 1. The van der Waals surface area contributed by atoms with E-state index in [-0.39, 0.29) is 17.0 Å². The van der Waals surface area contributed by atoms with Crippen LogP contribution in [0.5, 0.6) is 0 Å². The molecule has 0 aliphatic carbocycles. The molecule has 0 bridgehead atoms. The Morgan fingerprint density at radius 2 is 1.53 bits per heavy atom. The number of hydrogen-bond donors (Lipinski definition) is 1. The van der Waals surface area contributed by atoms with Gasteiger partial charge in [-0.15, -0.1) is 11.3 Å². The minimum absolute atomic E-state index is 0.0310. The van der Waals surface area contributed by atoms with Gasteiger partial charge in [-0.25, -0.2) is 0 Å². The van der Waals surface area contributed by atoms with Gasteiger partial charge in [0.1, 0.15) is 10.5 Å². The molecule has 1 aromatic heterocycles. The Morgan fingerprint density at radius 1 is 0.967 bits per heavy atom. The van der Waals surface area contributed by atoms with Crippen molar-refractivity contribution in [3.05, 3.63) is 94.8 Å². The van der Waals surface area contributed by atoms with Gasteiger partial charge in [0.25, 0.3) is 5.56 Å². The minimum Gasteiger partial charge on any atom is -0.384 e. The first-order valence-corrected chi connectivity index (χ1v) is 10.3. The van der Waals surface area contributed by atoms with Crippen LogP contribution in [0.2, 0.25) is 10.0 Å². The molecule has 30 heavy (non-hydrogen) atoms. The van der Waals surface area contributed by atoms with E-state index < -0.39 is 5.92 Å². The van der Waals surface area contributed by atoms with Gasteiger partial charge < -0.3 is 5.73 Å². The summed E-state index contributed by atoms with van der Waals surface area (Å²) in [6.45, 7) is 0. The van der Waals surface area contributed by atoms with Crippen LogP contribution < -0.4 is 20.5 Å². The number of allylic oxidation sites excluding steroid dienone is 1. The number of nitrogens with zero attached hydrogens (tertiary/aromatic N) is 3. The molecule has 1 unspecified atom stereocenters. The molecule has 5 nitrogen and oxygen atoms in total. The predicted octanol–water partition coefficient (Wildman–Crippen LogP) is 3.17. The molecule has 4 rings (SSSR count). The fourth-order valence-corrected chi connectivity index (χ4v) is 4.73. The molecule has 1 atom stereocenters. The number of nitriles is 2. The van der Waals surface area contributed by atoms with Gasteiger partial charge in [0.05, 0.1) is 33.7 Å². The third-order valence-electron chi connectivity index (χ3n) is 4.76. The van der Waals surface area contributed by atoms with Crippen LogP contribution in [0.4, 0.5) is 0 Å². The lowest BCUT2D eigenvalue weighted by Gasteiger charge is -2.22. The zero-order valence-electron chi connectivity index (χ0n) is 15.3. The summed E-state index contributed by atoms with van der Waals surface area (Å²) in [4.78, 5) is 13.1. The molecule has 0 radical (unpaired) electrons. The monoisotopic (exact) mass is 450 g/mol. The Morgan fingerprint density at radius 3 is 2.10 bits per heavy atom. The van der Waals surface area contributed by atoms with Crippen molar-refractivity contribution >= 4 is 52.0 Å². The topological polar surface area (TPSA) is 95.6 Å². The van der Waals surface area contributed by atoms with Crippen LogP contribution >= 0.6 is 34.5 Å². The van der Waals surface area contributed by atoms with Gasteiger partial charge in [-0.3, -0.25) is 9.36 Å². The molecule has 0 saturated heterocycles. The summed E-state index contributed by atoms with van der Waals surface area (Å²) >= 11 is 13.1. The molecule has 1 aliphatic heterocycles.